The molecule has 1 saturated heterocycles. The van der Waals surface area contributed by atoms with Crippen molar-refractivity contribution >= 4 is 11.8 Å². The molecule has 0 radical (unpaired) electrons. The molecular weight excluding hydrogens is 350 g/mol. The molecule has 148 valence electrons. The zero-order valence-corrected chi connectivity index (χ0v) is 16.6. The molecular formula is C23H30N3O2+. The van der Waals surface area contributed by atoms with Crippen LogP contribution in [-0.4, -0.2) is 31.4 Å². The number of likely N-dealkylation sites (tertiary alicyclic amines) is 1. The summed E-state index contributed by atoms with van der Waals surface area (Å²) in [5.41, 5.74) is 4.00. The lowest BCUT2D eigenvalue weighted by Crippen LogP contribution is -3.11. The average molecular weight is 381 g/mol. The zero-order chi connectivity index (χ0) is 19.8. The molecule has 28 heavy (non-hydrogen) atoms. The summed E-state index contributed by atoms with van der Waals surface area (Å²) in [6.45, 7) is 6.00. The monoisotopic (exact) mass is 380 g/mol. The van der Waals surface area contributed by atoms with Gasteiger partial charge in [0.15, 0.2) is 0 Å². The molecule has 2 aromatic rings. The number of piperidine rings is 1. The van der Waals surface area contributed by atoms with Gasteiger partial charge in [0.25, 0.3) is 5.91 Å². The second-order valence-corrected chi connectivity index (χ2v) is 7.63. The minimum absolute atomic E-state index is 0.0246. The molecule has 2 amide bonds. The van der Waals surface area contributed by atoms with E-state index < -0.39 is 0 Å². The van der Waals surface area contributed by atoms with Crippen LogP contribution in [0.4, 0.5) is 0 Å². The predicted octanol–water partition coefficient (Wildman–Crippen LogP) is 1.61. The summed E-state index contributed by atoms with van der Waals surface area (Å²) in [6, 6.07) is 15.8. The molecule has 0 atom stereocenters. The smallest absolute Gasteiger partial charge is 0.251 e. The second-order valence-electron chi connectivity index (χ2n) is 7.63. The molecule has 0 unspecified atom stereocenters. The highest BCUT2D eigenvalue weighted by molar-refractivity contribution is 5.96. The van der Waals surface area contributed by atoms with Crippen LogP contribution in [-0.2, 0) is 17.9 Å². The molecule has 0 aliphatic carbocycles. The lowest BCUT2D eigenvalue weighted by molar-refractivity contribution is -0.918. The van der Waals surface area contributed by atoms with E-state index in [0.29, 0.717) is 12.1 Å². The van der Waals surface area contributed by atoms with Gasteiger partial charge < -0.3 is 15.5 Å². The lowest BCUT2D eigenvalue weighted by Gasteiger charge is -2.23. The Balaban J connectivity index is 1.39. The van der Waals surface area contributed by atoms with Gasteiger partial charge in [0.1, 0.15) is 6.54 Å². The van der Waals surface area contributed by atoms with Crippen LogP contribution < -0.4 is 15.5 Å². The van der Waals surface area contributed by atoms with Crippen molar-refractivity contribution in [1.29, 1.82) is 0 Å². The first kappa shape index (κ1) is 20.1. The van der Waals surface area contributed by atoms with Crippen LogP contribution in [0, 0.1) is 6.92 Å². The molecule has 0 aromatic heterocycles. The summed E-state index contributed by atoms with van der Waals surface area (Å²) < 4.78 is 0. The van der Waals surface area contributed by atoms with E-state index >= 15 is 0 Å². The van der Waals surface area contributed by atoms with Gasteiger partial charge in [0.2, 0.25) is 5.91 Å². The second kappa shape index (κ2) is 10.0. The average Bonchev–Trinajstić information content (AvgIpc) is 2.72. The Morgan fingerprint density at radius 3 is 2.36 bits per heavy atom. The van der Waals surface area contributed by atoms with Crippen molar-refractivity contribution in [3.63, 3.8) is 0 Å². The quantitative estimate of drug-likeness (QED) is 0.683. The Morgan fingerprint density at radius 2 is 1.64 bits per heavy atom. The van der Waals surface area contributed by atoms with Crippen LogP contribution in [0.1, 0.15) is 46.3 Å². The van der Waals surface area contributed by atoms with Crippen molar-refractivity contribution in [2.75, 3.05) is 19.6 Å². The van der Waals surface area contributed by atoms with Crippen molar-refractivity contribution < 1.29 is 14.5 Å². The predicted molar refractivity (Wildman–Crippen MR) is 110 cm³/mol. The summed E-state index contributed by atoms with van der Waals surface area (Å²) in [6.07, 6.45) is 4.04. The van der Waals surface area contributed by atoms with E-state index in [0.717, 1.165) is 17.7 Å². The van der Waals surface area contributed by atoms with Gasteiger partial charge in [0, 0.05) is 17.7 Å². The van der Waals surface area contributed by atoms with Gasteiger partial charge in [-0.3, -0.25) is 9.59 Å². The van der Waals surface area contributed by atoms with Crippen molar-refractivity contribution in [2.45, 2.75) is 39.3 Å². The number of amides is 2. The van der Waals surface area contributed by atoms with Crippen molar-refractivity contribution in [2.24, 2.45) is 0 Å². The molecule has 1 aliphatic rings. The minimum Gasteiger partial charge on any atom is -0.350 e. The molecule has 0 saturated carbocycles. The van der Waals surface area contributed by atoms with Gasteiger partial charge in [-0.1, -0.05) is 42.0 Å². The summed E-state index contributed by atoms with van der Waals surface area (Å²) in [5.74, 6) is -0.425. The first-order chi connectivity index (χ1) is 13.6. The number of quaternary nitrogens is 1. The van der Waals surface area contributed by atoms with E-state index in [1.54, 1.807) is 17.0 Å². The highest BCUT2D eigenvalue weighted by atomic mass is 16.2. The van der Waals surface area contributed by atoms with Crippen LogP contribution in [0.25, 0.3) is 0 Å². The van der Waals surface area contributed by atoms with E-state index in [1.165, 1.54) is 37.9 Å². The van der Waals surface area contributed by atoms with Crippen LogP contribution >= 0.6 is 0 Å². The first-order valence-corrected chi connectivity index (χ1v) is 10.1. The van der Waals surface area contributed by atoms with Crippen molar-refractivity contribution in [3.05, 3.63) is 70.8 Å². The highest BCUT2D eigenvalue weighted by Gasteiger charge is 2.13. The fraction of sp³-hybridized carbons (Fsp3) is 0.391. The maximum Gasteiger partial charge on any atom is 0.251 e. The standard InChI is InChI=1S/C23H29N3O2/c1-18-6-5-7-21(14-18)23(28)25-16-22(27)24-15-19-8-10-20(11-9-19)17-26-12-3-2-4-13-26/h5-11,14H,2-4,12-13,15-17H2,1H3,(H,24,27)(H,25,28)/p+1. The Hall–Kier alpha value is -2.66. The van der Waals surface area contributed by atoms with E-state index in [9.17, 15) is 9.59 Å². The Kier molecular flexibility index (Phi) is 7.20. The summed E-state index contributed by atoms with van der Waals surface area (Å²) >= 11 is 0. The molecule has 5 heteroatoms. The Morgan fingerprint density at radius 1 is 0.929 bits per heavy atom. The SMILES string of the molecule is Cc1cccc(C(=O)NCC(=O)NCc2ccc(C[NH+]3CCCCC3)cc2)c1. The van der Waals surface area contributed by atoms with E-state index in [1.807, 2.05) is 19.1 Å². The maximum atomic E-state index is 12.1. The molecule has 3 N–H and O–H groups in total. The number of nitrogens with one attached hydrogen (secondary N) is 3. The molecule has 1 aliphatic heterocycles. The number of aryl methyl sites for hydroxylation is 1. The van der Waals surface area contributed by atoms with Crippen LogP contribution in [0.2, 0.25) is 0 Å². The van der Waals surface area contributed by atoms with Crippen LogP contribution in [0.5, 0.6) is 0 Å². The largest absolute Gasteiger partial charge is 0.350 e. The van der Waals surface area contributed by atoms with Gasteiger partial charge in [0.05, 0.1) is 19.6 Å². The number of hydrogen-bond acceptors (Lipinski definition) is 2. The highest BCUT2D eigenvalue weighted by Crippen LogP contribution is 2.05. The van der Waals surface area contributed by atoms with Gasteiger partial charge in [-0.05, 0) is 43.9 Å². The molecule has 5 nitrogen and oxygen atoms in total. The van der Waals surface area contributed by atoms with Crippen molar-refractivity contribution in [1.82, 2.24) is 10.6 Å². The van der Waals surface area contributed by atoms with E-state index in [-0.39, 0.29) is 18.4 Å². The summed E-state index contributed by atoms with van der Waals surface area (Å²) in [5, 5.41) is 5.52. The molecule has 1 heterocycles. The molecule has 0 bridgehead atoms. The third kappa shape index (κ3) is 6.20. The molecule has 2 aromatic carbocycles. The molecule has 0 spiro atoms. The van der Waals surface area contributed by atoms with Gasteiger partial charge in [-0.25, -0.2) is 0 Å². The molecule has 3 rings (SSSR count). The zero-order valence-electron chi connectivity index (χ0n) is 16.6. The molecule has 1 fully saturated rings. The Labute approximate surface area is 167 Å². The number of hydrogen-bond donors (Lipinski definition) is 3. The third-order valence-corrected chi connectivity index (χ3v) is 5.22. The number of carbonyl (C=O) groups excluding carboxylic acids is 2. The van der Waals surface area contributed by atoms with Gasteiger partial charge >= 0.3 is 0 Å². The number of benzene rings is 2. The Bertz CT molecular complexity index is 796. The number of carbonyl (C=O) groups is 2. The maximum absolute atomic E-state index is 12.1. The van der Waals surface area contributed by atoms with Gasteiger partial charge in [-0.15, -0.1) is 0 Å². The number of rotatable bonds is 7. The lowest BCUT2D eigenvalue weighted by atomic mass is 10.1. The van der Waals surface area contributed by atoms with E-state index in [2.05, 4.69) is 34.9 Å². The first-order valence-electron chi connectivity index (χ1n) is 10.1. The fourth-order valence-corrected chi connectivity index (χ4v) is 3.60. The third-order valence-electron chi connectivity index (χ3n) is 5.22. The fourth-order valence-electron chi connectivity index (χ4n) is 3.60. The van der Waals surface area contributed by atoms with Crippen LogP contribution in [0.15, 0.2) is 48.5 Å². The summed E-state index contributed by atoms with van der Waals surface area (Å²) in [7, 11) is 0. The van der Waals surface area contributed by atoms with Crippen LogP contribution in [0.3, 0.4) is 0 Å². The summed E-state index contributed by atoms with van der Waals surface area (Å²) in [4.78, 5) is 25.8. The minimum atomic E-state index is -0.233. The normalized spacial score (nSPS) is 14.5. The van der Waals surface area contributed by atoms with E-state index in [4.69, 9.17) is 0 Å². The van der Waals surface area contributed by atoms with Gasteiger partial charge in [-0.2, -0.15) is 0 Å². The topological polar surface area (TPSA) is 62.6 Å². The van der Waals surface area contributed by atoms with Crippen molar-refractivity contribution in [3.8, 4) is 0 Å².